The summed E-state index contributed by atoms with van der Waals surface area (Å²) in [5.41, 5.74) is 0.224. The average molecular weight is 339 g/mol. The fraction of sp³-hybridized carbons (Fsp3) is 0.300. The van der Waals surface area contributed by atoms with Gasteiger partial charge in [0.2, 0.25) is 10.0 Å². The highest BCUT2D eigenvalue weighted by molar-refractivity contribution is 9.10. The monoisotopic (exact) mass is 337 g/mol. The molecule has 1 aromatic carbocycles. The molecule has 0 radical (unpaired) electrons. The van der Waals surface area contributed by atoms with Gasteiger partial charge in [-0.2, -0.15) is 0 Å². The fourth-order valence-corrected chi connectivity index (χ4v) is 3.01. The molecule has 0 bridgehead atoms. The van der Waals surface area contributed by atoms with Crippen molar-refractivity contribution in [3.63, 3.8) is 0 Å². The number of amides is 1. The number of benzene rings is 1. The van der Waals surface area contributed by atoms with Crippen LogP contribution in [0, 0.1) is 0 Å². The zero-order chi connectivity index (χ0) is 12.6. The summed E-state index contributed by atoms with van der Waals surface area (Å²) in [6, 6.07) is 4.53. The Labute approximate surface area is 113 Å². The lowest BCUT2D eigenvalue weighted by molar-refractivity contribution is 0.0981. The highest BCUT2D eigenvalue weighted by atomic mass is 79.9. The van der Waals surface area contributed by atoms with E-state index in [1.807, 2.05) is 4.72 Å². The number of hydrogen-bond donors (Lipinski definition) is 1. The Balaban J connectivity index is 2.17. The molecule has 0 heterocycles. The molecule has 0 saturated heterocycles. The standard InChI is InChI=1S/C10H9BrClNO3S/c11-8-4-1-6(5-9(8)12)10(14)13-17(15,16)7-2-3-7/h1,4-5,7H,2-3H2,(H,13,14). The largest absolute Gasteiger partial charge is 0.268 e. The van der Waals surface area contributed by atoms with E-state index in [9.17, 15) is 13.2 Å². The van der Waals surface area contributed by atoms with Gasteiger partial charge in [0.1, 0.15) is 0 Å². The molecule has 4 nitrogen and oxygen atoms in total. The summed E-state index contributed by atoms with van der Waals surface area (Å²) < 4.78 is 25.8. The van der Waals surface area contributed by atoms with Crippen LogP contribution in [0.2, 0.25) is 5.02 Å². The van der Waals surface area contributed by atoms with Crippen LogP contribution in [0.5, 0.6) is 0 Å². The maximum absolute atomic E-state index is 11.7. The molecule has 17 heavy (non-hydrogen) atoms. The second-order valence-electron chi connectivity index (χ2n) is 3.80. The Hall–Kier alpha value is -0.590. The van der Waals surface area contributed by atoms with Crippen molar-refractivity contribution in [1.82, 2.24) is 4.72 Å². The van der Waals surface area contributed by atoms with Crippen molar-refractivity contribution in [3.05, 3.63) is 33.3 Å². The predicted molar refractivity (Wildman–Crippen MR) is 68.6 cm³/mol. The van der Waals surface area contributed by atoms with Crippen molar-refractivity contribution in [2.45, 2.75) is 18.1 Å². The maximum atomic E-state index is 11.7. The van der Waals surface area contributed by atoms with Crippen molar-refractivity contribution in [2.75, 3.05) is 0 Å². The van der Waals surface area contributed by atoms with E-state index < -0.39 is 21.2 Å². The first-order valence-corrected chi connectivity index (χ1v) is 7.63. The van der Waals surface area contributed by atoms with E-state index in [1.165, 1.54) is 12.1 Å². The number of rotatable bonds is 3. The number of hydrogen-bond acceptors (Lipinski definition) is 3. The summed E-state index contributed by atoms with van der Waals surface area (Å²) in [7, 11) is -3.51. The molecule has 0 unspecified atom stereocenters. The van der Waals surface area contributed by atoms with E-state index in [-0.39, 0.29) is 5.56 Å². The molecule has 1 amide bonds. The van der Waals surface area contributed by atoms with Crippen LogP contribution in [0.15, 0.2) is 22.7 Å². The molecule has 1 aliphatic carbocycles. The topological polar surface area (TPSA) is 63.2 Å². The molecule has 0 aliphatic heterocycles. The molecule has 1 fully saturated rings. The fourth-order valence-electron chi connectivity index (χ4n) is 1.29. The third-order valence-corrected chi connectivity index (χ3v) is 5.43. The molecule has 1 saturated carbocycles. The molecular formula is C10H9BrClNO3S. The molecule has 92 valence electrons. The first-order valence-electron chi connectivity index (χ1n) is 4.91. The number of carbonyl (C=O) groups excluding carboxylic acids is 1. The van der Waals surface area contributed by atoms with Crippen molar-refractivity contribution >= 4 is 43.5 Å². The van der Waals surface area contributed by atoms with Crippen LogP contribution >= 0.6 is 27.5 Å². The van der Waals surface area contributed by atoms with E-state index in [4.69, 9.17) is 11.6 Å². The van der Waals surface area contributed by atoms with Gasteiger partial charge in [0, 0.05) is 10.0 Å². The molecule has 7 heteroatoms. The molecule has 1 aliphatic rings. The van der Waals surface area contributed by atoms with Gasteiger partial charge in [-0.05, 0) is 47.0 Å². The van der Waals surface area contributed by atoms with Crippen LogP contribution in [-0.2, 0) is 10.0 Å². The number of halogens is 2. The van der Waals surface area contributed by atoms with Crippen LogP contribution in [0.25, 0.3) is 0 Å². The molecular weight excluding hydrogens is 330 g/mol. The molecule has 2 rings (SSSR count). The van der Waals surface area contributed by atoms with Crippen LogP contribution in [0.3, 0.4) is 0 Å². The maximum Gasteiger partial charge on any atom is 0.264 e. The van der Waals surface area contributed by atoms with Gasteiger partial charge in [-0.25, -0.2) is 13.1 Å². The Morgan fingerprint density at radius 3 is 2.59 bits per heavy atom. The minimum absolute atomic E-state index is 0.224. The minimum Gasteiger partial charge on any atom is -0.268 e. The van der Waals surface area contributed by atoms with Crippen LogP contribution in [-0.4, -0.2) is 19.6 Å². The minimum atomic E-state index is -3.51. The number of sulfonamides is 1. The molecule has 0 spiro atoms. The summed E-state index contributed by atoms with van der Waals surface area (Å²) in [4.78, 5) is 11.7. The number of carbonyl (C=O) groups is 1. The summed E-state index contributed by atoms with van der Waals surface area (Å²) in [5.74, 6) is -0.647. The molecule has 0 atom stereocenters. The van der Waals surface area contributed by atoms with Gasteiger partial charge >= 0.3 is 0 Å². The number of nitrogens with one attached hydrogen (secondary N) is 1. The average Bonchev–Trinajstić information content (AvgIpc) is 3.04. The Kier molecular flexibility index (Phi) is 3.47. The van der Waals surface area contributed by atoms with Gasteiger partial charge in [-0.1, -0.05) is 11.6 Å². The van der Waals surface area contributed by atoms with Crippen molar-refractivity contribution in [1.29, 1.82) is 0 Å². The smallest absolute Gasteiger partial charge is 0.264 e. The quantitative estimate of drug-likeness (QED) is 0.920. The second kappa shape index (κ2) is 4.59. The Morgan fingerprint density at radius 1 is 1.41 bits per heavy atom. The third-order valence-electron chi connectivity index (χ3n) is 2.38. The van der Waals surface area contributed by atoms with Crippen LogP contribution < -0.4 is 4.72 Å². The molecule has 1 aromatic rings. The highest BCUT2D eigenvalue weighted by Gasteiger charge is 2.36. The summed E-state index contributed by atoms with van der Waals surface area (Å²) in [6.07, 6.45) is 1.23. The zero-order valence-electron chi connectivity index (χ0n) is 8.61. The molecule has 1 N–H and O–H groups in total. The lowest BCUT2D eigenvalue weighted by Crippen LogP contribution is -2.33. The zero-order valence-corrected chi connectivity index (χ0v) is 11.8. The second-order valence-corrected chi connectivity index (χ2v) is 7.03. The van der Waals surface area contributed by atoms with Gasteiger partial charge in [0.15, 0.2) is 0 Å². The predicted octanol–water partition coefficient (Wildman–Crippen LogP) is 2.32. The van der Waals surface area contributed by atoms with Gasteiger partial charge in [0.05, 0.1) is 10.3 Å². The summed E-state index contributed by atoms with van der Waals surface area (Å²) >= 11 is 9.02. The highest BCUT2D eigenvalue weighted by Crippen LogP contribution is 2.28. The van der Waals surface area contributed by atoms with Gasteiger partial charge in [-0.15, -0.1) is 0 Å². The summed E-state index contributed by atoms with van der Waals surface area (Å²) in [6.45, 7) is 0. The first kappa shape index (κ1) is 12.9. The van der Waals surface area contributed by atoms with E-state index in [0.29, 0.717) is 22.3 Å². The van der Waals surface area contributed by atoms with Gasteiger partial charge in [0.25, 0.3) is 5.91 Å². The van der Waals surface area contributed by atoms with E-state index in [0.717, 1.165) is 0 Å². The lowest BCUT2D eigenvalue weighted by Gasteiger charge is -2.06. The van der Waals surface area contributed by atoms with Crippen molar-refractivity contribution < 1.29 is 13.2 Å². The van der Waals surface area contributed by atoms with Gasteiger partial charge in [-0.3, -0.25) is 4.79 Å². The first-order chi connectivity index (χ1) is 7.90. The third kappa shape index (κ3) is 3.00. The summed E-state index contributed by atoms with van der Waals surface area (Å²) in [5, 5.41) is -0.0566. The lowest BCUT2D eigenvalue weighted by atomic mass is 10.2. The van der Waals surface area contributed by atoms with Gasteiger partial charge < -0.3 is 0 Å². The SMILES string of the molecule is O=C(NS(=O)(=O)C1CC1)c1ccc(Br)c(Cl)c1. The van der Waals surface area contributed by atoms with E-state index in [1.54, 1.807) is 6.07 Å². The van der Waals surface area contributed by atoms with Crippen LogP contribution in [0.1, 0.15) is 23.2 Å². The van der Waals surface area contributed by atoms with E-state index >= 15 is 0 Å². The molecule has 0 aromatic heterocycles. The normalized spacial score (nSPS) is 15.6. The van der Waals surface area contributed by atoms with E-state index in [2.05, 4.69) is 15.9 Å². The van der Waals surface area contributed by atoms with Crippen LogP contribution in [0.4, 0.5) is 0 Å². The Morgan fingerprint density at radius 2 is 2.06 bits per heavy atom. The van der Waals surface area contributed by atoms with Crippen molar-refractivity contribution in [2.24, 2.45) is 0 Å². The Bertz CT molecular complexity index is 569. The van der Waals surface area contributed by atoms with Crippen molar-refractivity contribution in [3.8, 4) is 0 Å².